The summed E-state index contributed by atoms with van der Waals surface area (Å²) >= 11 is 0. The number of hydrogen-bond donors (Lipinski definition) is 0. The van der Waals surface area contributed by atoms with E-state index in [2.05, 4.69) is 69.4 Å². The zero-order chi connectivity index (χ0) is 43.7. The predicted molar refractivity (Wildman–Crippen MR) is 256 cm³/mol. The molecule has 0 aliphatic heterocycles. The second-order valence-corrected chi connectivity index (χ2v) is 16.0. The first-order valence-electron chi connectivity index (χ1n) is 24.6. The fraction of sp³-hybridized carbons (Fsp3) is 0.685. The number of carbonyl (C=O) groups excluding carboxylic acids is 3. The Labute approximate surface area is 369 Å². The first-order valence-corrected chi connectivity index (χ1v) is 24.6. The first kappa shape index (κ1) is 56.6. The van der Waals surface area contributed by atoms with Crippen LogP contribution in [0.5, 0.6) is 0 Å². The zero-order valence-corrected chi connectivity index (χ0v) is 38.9. The molecule has 1 atom stereocenters. The van der Waals surface area contributed by atoms with Crippen LogP contribution in [0.3, 0.4) is 0 Å². The molecule has 0 saturated carbocycles. The Kier molecular flexibility index (Phi) is 45.5. The van der Waals surface area contributed by atoms with Crippen molar-refractivity contribution >= 4 is 17.9 Å². The summed E-state index contributed by atoms with van der Waals surface area (Å²) < 4.78 is 16.7. The number of allylic oxidation sites excluding steroid dienone is 14. The first-order chi connectivity index (χ1) is 29.5. The van der Waals surface area contributed by atoms with E-state index in [1.54, 1.807) is 0 Å². The summed E-state index contributed by atoms with van der Waals surface area (Å²) in [6, 6.07) is 0. The molecular weight excluding hydrogens is 745 g/mol. The van der Waals surface area contributed by atoms with Gasteiger partial charge in [0, 0.05) is 19.3 Å². The average molecular weight is 835 g/mol. The van der Waals surface area contributed by atoms with Gasteiger partial charge in [0.25, 0.3) is 0 Å². The molecule has 0 amide bonds. The second kappa shape index (κ2) is 48.3. The van der Waals surface area contributed by atoms with Crippen LogP contribution in [0.25, 0.3) is 0 Å². The van der Waals surface area contributed by atoms with Crippen LogP contribution >= 0.6 is 0 Å². The van der Waals surface area contributed by atoms with Crippen molar-refractivity contribution < 1.29 is 28.6 Å². The monoisotopic (exact) mass is 835 g/mol. The maximum Gasteiger partial charge on any atom is 0.306 e. The fourth-order valence-corrected chi connectivity index (χ4v) is 6.54. The van der Waals surface area contributed by atoms with E-state index >= 15 is 0 Å². The Hall–Kier alpha value is -3.41. The van der Waals surface area contributed by atoms with Crippen molar-refractivity contribution in [2.45, 2.75) is 226 Å². The molecule has 0 aliphatic carbocycles. The van der Waals surface area contributed by atoms with Crippen LogP contribution in [0.15, 0.2) is 85.1 Å². The summed E-state index contributed by atoms with van der Waals surface area (Å²) in [5.74, 6) is -0.963. The quantitative estimate of drug-likeness (QED) is 0.0200. The molecule has 6 heteroatoms. The lowest BCUT2D eigenvalue weighted by Crippen LogP contribution is -2.30. The van der Waals surface area contributed by atoms with Crippen LogP contribution in [-0.4, -0.2) is 37.2 Å². The lowest BCUT2D eigenvalue weighted by atomic mass is 10.1. The Morgan fingerprint density at radius 2 is 0.733 bits per heavy atom. The van der Waals surface area contributed by atoms with E-state index in [1.165, 1.54) is 77.0 Å². The van der Waals surface area contributed by atoms with Gasteiger partial charge in [-0.15, -0.1) is 0 Å². The van der Waals surface area contributed by atoms with Crippen LogP contribution in [0.1, 0.15) is 220 Å². The van der Waals surface area contributed by atoms with Gasteiger partial charge in [0.05, 0.1) is 0 Å². The minimum Gasteiger partial charge on any atom is -0.462 e. The van der Waals surface area contributed by atoms with Gasteiger partial charge in [-0.25, -0.2) is 0 Å². The third-order valence-electron chi connectivity index (χ3n) is 10.2. The summed E-state index contributed by atoms with van der Waals surface area (Å²) in [7, 11) is 0. The minimum absolute atomic E-state index is 0.100. The third-order valence-corrected chi connectivity index (χ3v) is 10.2. The number of hydrogen-bond acceptors (Lipinski definition) is 6. The maximum absolute atomic E-state index is 12.7. The van der Waals surface area contributed by atoms with Crippen molar-refractivity contribution in [3.63, 3.8) is 0 Å². The third kappa shape index (κ3) is 45.7. The molecule has 0 aliphatic rings. The van der Waals surface area contributed by atoms with Gasteiger partial charge in [-0.3, -0.25) is 14.4 Å². The summed E-state index contributed by atoms with van der Waals surface area (Å²) in [5, 5.41) is 0. The molecular formula is C54H90O6. The summed E-state index contributed by atoms with van der Waals surface area (Å²) in [6.07, 6.45) is 61.4. The maximum atomic E-state index is 12.7. The van der Waals surface area contributed by atoms with Gasteiger partial charge >= 0.3 is 17.9 Å². The van der Waals surface area contributed by atoms with Gasteiger partial charge in [0.2, 0.25) is 0 Å². The van der Waals surface area contributed by atoms with Crippen molar-refractivity contribution in [2.75, 3.05) is 13.2 Å². The molecule has 0 spiro atoms. The molecule has 0 heterocycles. The van der Waals surface area contributed by atoms with Gasteiger partial charge < -0.3 is 14.2 Å². The highest BCUT2D eigenvalue weighted by Gasteiger charge is 2.19. The Balaban J connectivity index is 4.44. The molecule has 0 aromatic rings. The van der Waals surface area contributed by atoms with Crippen LogP contribution in [0.2, 0.25) is 0 Å². The van der Waals surface area contributed by atoms with Crippen LogP contribution in [-0.2, 0) is 28.6 Å². The highest BCUT2D eigenvalue weighted by molar-refractivity contribution is 5.71. The van der Waals surface area contributed by atoms with E-state index in [4.69, 9.17) is 14.2 Å². The van der Waals surface area contributed by atoms with Gasteiger partial charge in [-0.2, -0.15) is 0 Å². The molecule has 0 fully saturated rings. The zero-order valence-electron chi connectivity index (χ0n) is 38.9. The van der Waals surface area contributed by atoms with Crippen molar-refractivity contribution in [1.29, 1.82) is 0 Å². The number of unbranched alkanes of at least 4 members (excludes halogenated alkanes) is 21. The number of carbonyl (C=O) groups is 3. The van der Waals surface area contributed by atoms with Crippen LogP contribution in [0.4, 0.5) is 0 Å². The van der Waals surface area contributed by atoms with Gasteiger partial charge in [0.15, 0.2) is 6.10 Å². The SMILES string of the molecule is CC\C=C/C=C\C=C/C=C\CCCCCC(=O)OC(COC(=O)CCCCCCC/C=C\C/C=C\CC)COC(=O)CCCCCCCCC/C=C\CCCCCCCC. The molecule has 0 N–H and O–H groups in total. The Bertz CT molecular complexity index is 1190. The second-order valence-electron chi connectivity index (χ2n) is 16.0. The molecule has 1 unspecified atom stereocenters. The molecule has 0 saturated heterocycles. The standard InChI is InChI=1S/C54H90O6/c1-4-7-10-13-16-19-22-25-26-27-28-30-32-35-38-41-44-47-53(56)59-50-51(49-58-52(55)46-43-40-37-34-31-24-21-18-15-12-9-6-3)60-54(57)48-45-42-39-36-33-29-23-20-17-14-11-8-5-2/h8-9,11-12,14,17-18,20-21,23,25-26,29,33,51H,4-7,10,13,15-16,19,22,24,27-28,30-32,34-50H2,1-3H3/b11-8-,12-9-,17-14-,21-18-,23-20-,26-25-,33-29-. The molecule has 0 aromatic carbocycles. The topological polar surface area (TPSA) is 78.9 Å². The Morgan fingerprint density at radius 1 is 0.367 bits per heavy atom. The van der Waals surface area contributed by atoms with E-state index < -0.39 is 6.10 Å². The number of ether oxygens (including phenoxy) is 3. The lowest BCUT2D eigenvalue weighted by Gasteiger charge is -2.18. The van der Waals surface area contributed by atoms with Crippen molar-refractivity contribution in [3.8, 4) is 0 Å². The average Bonchev–Trinajstić information content (AvgIpc) is 3.24. The van der Waals surface area contributed by atoms with E-state index in [0.29, 0.717) is 19.3 Å². The van der Waals surface area contributed by atoms with Crippen molar-refractivity contribution in [3.05, 3.63) is 85.1 Å². The predicted octanol–water partition coefficient (Wildman–Crippen LogP) is 16.0. The molecule has 0 bridgehead atoms. The summed E-state index contributed by atoms with van der Waals surface area (Å²) in [5.41, 5.74) is 0. The number of rotatable bonds is 43. The largest absolute Gasteiger partial charge is 0.462 e. The highest BCUT2D eigenvalue weighted by atomic mass is 16.6. The lowest BCUT2D eigenvalue weighted by molar-refractivity contribution is -0.167. The normalized spacial score (nSPS) is 12.8. The van der Waals surface area contributed by atoms with Gasteiger partial charge in [0.1, 0.15) is 13.2 Å². The number of esters is 3. The Morgan fingerprint density at radius 3 is 1.23 bits per heavy atom. The van der Waals surface area contributed by atoms with E-state index in [1.807, 2.05) is 36.5 Å². The minimum atomic E-state index is -0.803. The van der Waals surface area contributed by atoms with Gasteiger partial charge in [-0.1, -0.05) is 196 Å². The van der Waals surface area contributed by atoms with E-state index in [9.17, 15) is 14.4 Å². The van der Waals surface area contributed by atoms with Crippen molar-refractivity contribution in [2.24, 2.45) is 0 Å². The highest BCUT2D eigenvalue weighted by Crippen LogP contribution is 2.13. The molecule has 0 aromatic heterocycles. The fourth-order valence-electron chi connectivity index (χ4n) is 6.54. The van der Waals surface area contributed by atoms with Crippen LogP contribution in [0, 0.1) is 0 Å². The summed E-state index contributed by atoms with van der Waals surface area (Å²) in [4.78, 5) is 37.9. The molecule has 60 heavy (non-hydrogen) atoms. The molecule has 0 rings (SSSR count). The van der Waals surface area contributed by atoms with Crippen molar-refractivity contribution in [1.82, 2.24) is 0 Å². The van der Waals surface area contributed by atoms with E-state index in [-0.39, 0.29) is 37.5 Å². The molecule has 6 nitrogen and oxygen atoms in total. The summed E-state index contributed by atoms with van der Waals surface area (Å²) in [6.45, 7) is 6.32. The molecule has 342 valence electrons. The van der Waals surface area contributed by atoms with E-state index in [0.717, 1.165) is 96.3 Å². The van der Waals surface area contributed by atoms with Crippen LogP contribution < -0.4 is 0 Å². The molecule has 0 radical (unpaired) electrons. The smallest absolute Gasteiger partial charge is 0.306 e. The van der Waals surface area contributed by atoms with Gasteiger partial charge in [-0.05, 0) is 89.9 Å².